The van der Waals surface area contributed by atoms with Gasteiger partial charge in [0, 0.05) is 16.8 Å². The number of carbonyl (C=O) groups is 1. The second-order valence-corrected chi connectivity index (χ2v) is 4.95. The van der Waals surface area contributed by atoms with Gasteiger partial charge >= 0.3 is 5.97 Å². The number of rotatable bonds is 3. The lowest BCUT2D eigenvalue weighted by molar-refractivity contribution is 0.0698. The number of nitrogens with zero attached hydrogens (tertiary/aromatic N) is 1. The zero-order valence-corrected chi connectivity index (χ0v) is 11.8. The van der Waals surface area contributed by atoms with E-state index in [1.807, 2.05) is 6.92 Å². The van der Waals surface area contributed by atoms with Gasteiger partial charge in [-0.25, -0.2) is 9.18 Å². The van der Waals surface area contributed by atoms with Crippen molar-refractivity contribution in [3.63, 3.8) is 0 Å². The second kappa shape index (κ2) is 5.44. The Morgan fingerprint density at radius 2 is 1.91 bits per heavy atom. The van der Waals surface area contributed by atoms with Crippen molar-refractivity contribution >= 4 is 28.2 Å². The van der Waals surface area contributed by atoms with Crippen molar-refractivity contribution in [2.24, 2.45) is 0 Å². The zero-order valence-electron chi connectivity index (χ0n) is 11.8. The SMILES string of the molecule is Cc1cc(Nc2ccccc2C(=O)O)c2cc(F)ccc2n1. The van der Waals surface area contributed by atoms with E-state index in [0.717, 1.165) is 5.69 Å². The number of hydrogen-bond donors (Lipinski definition) is 2. The fourth-order valence-electron chi connectivity index (χ4n) is 2.36. The average molecular weight is 296 g/mol. The fourth-order valence-corrected chi connectivity index (χ4v) is 2.36. The molecule has 0 unspecified atom stereocenters. The van der Waals surface area contributed by atoms with E-state index in [-0.39, 0.29) is 11.4 Å². The maximum Gasteiger partial charge on any atom is 0.337 e. The monoisotopic (exact) mass is 296 g/mol. The standard InChI is InChI=1S/C17H13FN2O2/c1-10-8-16(13-9-11(18)6-7-15(13)19-10)20-14-5-3-2-4-12(14)17(21)22/h2-9H,1H3,(H,19,20)(H,21,22). The predicted octanol–water partition coefficient (Wildman–Crippen LogP) is 4.12. The van der Waals surface area contributed by atoms with Gasteiger partial charge in [0.2, 0.25) is 0 Å². The van der Waals surface area contributed by atoms with Gasteiger partial charge in [0.25, 0.3) is 0 Å². The van der Waals surface area contributed by atoms with Crippen LogP contribution in [0.15, 0.2) is 48.5 Å². The second-order valence-electron chi connectivity index (χ2n) is 4.95. The van der Waals surface area contributed by atoms with E-state index in [1.54, 1.807) is 30.3 Å². The summed E-state index contributed by atoms with van der Waals surface area (Å²) in [6, 6.07) is 12.7. The molecule has 1 aromatic heterocycles. The molecule has 4 nitrogen and oxygen atoms in total. The Kier molecular flexibility index (Phi) is 3.47. The quantitative estimate of drug-likeness (QED) is 0.763. The highest BCUT2D eigenvalue weighted by molar-refractivity contribution is 5.98. The molecule has 0 radical (unpaired) electrons. The summed E-state index contributed by atoms with van der Waals surface area (Å²) < 4.78 is 13.5. The van der Waals surface area contributed by atoms with Crippen LogP contribution in [0.3, 0.4) is 0 Å². The van der Waals surface area contributed by atoms with Gasteiger partial charge in [-0.05, 0) is 43.3 Å². The minimum Gasteiger partial charge on any atom is -0.478 e. The van der Waals surface area contributed by atoms with E-state index in [9.17, 15) is 14.3 Å². The Bertz CT molecular complexity index is 878. The van der Waals surface area contributed by atoms with Crippen LogP contribution in [-0.4, -0.2) is 16.1 Å². The van der Waals surface area contributed by atoms with E-state index in [0.29, 0.717) is 22.3 Å². The summed E-state index contributed by atoms with van der Waals surface area (Å²) in [5, 5.41) is 12.9. The molecule has 0 saturated heterocycles. The van der Waals surface area contributed by atoms with Crippen LogP contribution < -0.4 is 5.32 Å². The molecule has 0 saturated carbocycles. The van der Waals surface area contributed by atoms with Gasteiger partial charge in [-0.2, -0.15) is 0 Å². The molecule has 3 aromatic rings. The van der Waals surface area contributed by atoms with Crippen LogP contribution in [0.25, 0.3) is 10.9 Å². The lowest BCUT2D eigenvalue weighted by Gasteiger charge is -2.13. The van der Waals surface area contributed by atoms with Crippen LogP contribution in [0, 0.1) is 12.7 Å². The van der Waals surface area contributed by atoms with Gasteiger partial charge in [-0.3, -0.25) is 4.98 Å². The number of aryl methyl sites for hydroxylation is 1. The van der Waals surface area contributed by atoms with Crippen LogP contribution >= 0.6 is 0 Å². The van der Waals surface area contributed by atoms with E-state index in [1.165, 1.54) is 18.2 Å². The highest BCUT2D eigenvalue weighted by Gasteiger charge is 2.11. The molecule has 1 heterocycles. The summed E-state index contributed by atoms with van der Waals surface area (Å²) in [6.07, 6.45) is 0. The lowest BCUT2D eigenvalue weighted by atomic mass is 10.1. The number of fused-ring (bicyclic) bond motifs is 1. The third kappa shape index (κ3) is 2.61. The van der Waals surface area contributed by atoms with Crippen LogP contribution in [-0.2, 0) is 0 Å². The number of pyridine rings is 1. The van der Waals surface area contributed by atoms with Crippen LogP contribution in [0.1, 0.15) is 16.1 Å². The molecule has 2 N–H and O–H groups in total. The molecule has 0 atom stereocenters. The number of halogens is 1. The largest absolute Gasteiger partial charge is 0.478 e. The number of aromatic nitrogens is 1. The van der Waals surface area contributed by atoms with Gasteiger partial charge in [-0.15, -0.1) is 0 Å². The van der Waals surface area contributed by atoms with Crippen molar-refractivity contribution in [3.05, 3.63) is 65.6 Å². The first-order valence-corrected chi connectivity index (χ1v) is 6.71. The number of carboxylic acids is 1. The smallest absolute Gasteiger partial charge is 0.337 e. The minimum absolute atomic E-state index is 0.154. The van der Waals surface area contributed by atoms with E-state index < -0.39 is 5.97 Å². The third-order valence-corrected chi connectivity index (χ3v) is 3.33. The molecule has 0 fully saturated rings. The van der Waals surface area contributed by atoms with Crippen molar-refractivity contribution in [1.82, 2.24) is 4.98 Å². The van der Waals surface area contributed by atoms with Crippen molar-refractivity contribution < 1.29 is 14.3 Å². The first-order chi connectivity index (χ1) is 10.5. The van der Waals surface area contributed by atoms with Crippen molar-refractivity contribution in [2.75, 3.05) is 5.32 Å². The third-order valence-electron chi connectivity index (χ3n) is 3.33. The highest BCUT2D eigenvalue weighted by atomic mass is 19.1. The minimum atomic E-state index is -1.02. The number of benzene rings is 2. The average Bonchev–Trinajstić information content (AvgIpc) is 2.48. The van der Waals surface area contributed by atoms with Gasteiger partial charge < -0.3 is 10.4 Å². The fraction of sp³-hybridized carbons (Fsp3) is 0.0588. The van der Waals surface area contributed by atoms with E-state index in [2.05, 4.69) is 10.3 Å². The molecular formula is C17H13FN2O2. The number of nitrogens with one attached hydrogen (secondary N) is 1. The predicted molar refractivity (Wildman–Crippen MR) is 83.1 cm³/mol. The Morgan fingerprint density at radius 3 is 2.68 bits per heavy atom. The molecule has 5 heteroatoms. The molecule has 0 aliphatic carbocycles. The Morgan fingerprint density at radius 1 is 1.14 bits per heavy atom. The van der Waals surface area contributed by atoms with Gasteiger partial charge in [0.05, 0.1) is 16.8 Å². The Balaban J connectivity index is 2.15. The lowest BCUT2D eigenvalue weighted by Crippen LogP contribution is -2.03. The number of anilines is 2. The summed E-state index contributed by atoms with van der Waals surface area (Å²) >= 11 is 0. The maximum atomic E-state index is 13.5. The molecule has 22 heavy (non-hydrogen) atoms. The molecule has 0 aliphatic rings. The van der Waals surface area contributed by atoms with Gasteiger partial charge in [-0.1, -0.05) is 12.1 Å². The molecule has 2 aromatic carbocycles. The summed E-state index contributed by atoms with van der Waals surface area (Å²) in [5.74, 6) is -1.39. The van der Waals surface area contributed by atoms with Crippen LogP contribution in [0.2, 0.25) is 0 Å². The first kappa shape index (κ1) is 14.0. The summed E-state index contributed by atoms with van der Waals surface area (Å²) in [6.45, 7) is 1.83. The molecule has 0 amide bonds. The van der Waals surface area contributed by atoms with E-state index in [4.69, 9.17) is 0 Å². The summed E-state index contributed by atoms with van der Waals surface area (Å²) in [4.78, 5) is 15.6. The topological polar surface area (TPSA) is 62.2 Å². The molecule has 0 bridgehead atoms. The van der Waals surface area contributed by atoms with Crippen molar-refractivity contribution in [3.8, 4) is 0 Å². The Labute approximate surface area is 126 Å². The maximum absolute atomic E-state index is 13.5. The van der Waals surface area contributed by atoms with Gasteiger partial charge in [0.15, 0.2) is 0 Å². The normalized spacial score (nSPS) is 10.6. The number of para-hydroxylation sites is 1. The molecule has 3 rings (SSSR count). The highest BCUT2D eigenvalue weighted by Crippen LogP contribution is 2.28. The molecule has 110 valence electrons. The summed E-state index contributed by atoms with van der Waals surface area (Å²) in [5.41, 5.74) is 2.63. The van der Waals surface area contributed by atoms with Crippen molar-refractivity contribution in [2.45, 2.75) is 6.92 Å². The molecular weight excluding hydrogens is 283 g/mol. The number of aromatic carboxylic acids is 1. The molecule has 0 spiro atoms. The van der Waals surface area contributed by atoms with Crippen LogP contribution in [0.4, 0.5) is 15.8 Å². The van der Waals surface area contributed by atoms with Crippen molar-refractivity contribution in [1.29, 1.82) is 0 Å². The van der Waals surface area contributed by atoms with Gasteiger partial charge in [0.1, 0.15) is 5.82 Å². The summed E-state index contributed by atoms with van der Waals surface area (Å²) in [7, 11) is 0. The molecule has 0 aliphatic heterocycles. The number of carboxylic acid groups (broad SMARTS) is 1. The van der Waals surface area contributed by atoms with Crippen LogP contribution in [0.5, 0.6) is 0 Å². The van der Waals surface area contributed by atoms with E-state index >= 15 is 0 Å². The Hall–Kier alpha value is -2.95. The number of hydrogen-bond acceptors (Lipinski definition) is 3. The first-order valence-electron chi connectivity index (χ1n) is 6.71. The zero-order chi connectivity index (χ0) is 15.7.